The molecular formula is C17H16N2OS. The third-order valence-corrected chi connectivity index (χ3v) is 5.11. The predicted molar refractivity (Wildman–Crippen MR) is 83.2 cm³/mol. The van der Waals surface area contributed by atoms with Crippen molar-refractivity contribution in [2.75, 3.05) is 0 Å². The average Bonchev–Trinajstić information content (AvgIpc) is 3.26. The van der Waals surface area contributed by atoms with Gasteiger partial charge in [0.2, 0.25) is 0 Å². The summed E-state index contributed by atoms with van der Waals surface area (Å²) >= 11 is 1.77. The summed E-state index contributed by atoms with van der Waals surface area (Å²) in [4.78, 5) is 1.28. The molecule has 0 saturated carbocycles. The zero-order valence-electron chi connectivity index (χ0n) is 11.6. The number of thiophene rings is 1. The lowest BCUT2D eigenvalue weighted by Crippen LogP contribution is -2.27. The fourth-order valence-electron chi connectivity index (χ4n) is 3.07. The number of hydrogen-bond donors (Lipinski definition) is 0. The van der Waals surface area contributed by atoms with E-state index in [9.17, 15) is 0 Å². The molecule has 21 heavy (non-hydrogen) atoms. The van der Waals surface area contributed by atoms with E-state index >= 15 is 0 Å². The lowest BCUT2D eigenvalue weighted by Gasteiger charge is -2.28. The van der Waals surface area contributed by atoms with Gasteiger partial charge in [-0.3, -0.25) is 4.68 Å². The highest BCUT2D eigenvalue weighted by Crippen LogP contribution is 2.46. The Hall–Kier alpha value is -1.91. The van der Waals surface area contributed by atoms with Gasteiger partial charge in [-0.15, -0.1) is 11.3 Å². The largest absolute Gasteiger partial charge is 0.360 e. The van der Waals surface area contributed by atoms with Crippen LogP contribution in [0.3, 0.4) is 0 Å². The Bertz CT molecular complexity index is 721. The molecule has 0 amide bonds. The van der Waals surface area contributed by atoms with Crippen LogP contribution in [0.15, 0.2) is 60.2 Å². The van der Waals surface area contributed by atoms with Crippen molar-refractivity contribution in [3.05, 3.63) is 76.2 Å². The predicted octanol–water partition coefficient (Wildman–Crippen LogP) is 3.81. The van der Waals surface area contributed by atoms with Crippen molar-refractivity contribution in [3.8, 4) is 0 Å². The molecule has 1 aliphatic rings. The second-order valence-electron chi connectivity index (χ2n) is 5.27. The van der Waals surface area contributed by atoms with Crippen molar-refractivity contribution in [3.63, 3.8) is 0 Å². The molecule has 3 aromatic rings. The highest BCUT2D eigenvalue weighted by Gasteiger charge is 2.42. The second kappa shape index (κ2) is 5.13. The Labute approximate surface area is 127 Å². The molecule has 0 bridgehead atoms. The molecule has 0 fully saturated rings. The zero-order valence-corrected chi connectivity index (χ0v) is 12.4. The molecule has 0 spiro atoms. The number of aryl methyl sites for hydroxylation is 1. The Balaban J connectivity index is 1.74. The summed E-state index contributed by atoms with van der Waals surface area (Å²) in [7, 11) is 0. The van der Waals surface area contributed by atoms with E-state index in [1.807, 2.05) is 23.1 Å². The normalized spacial score (nSPS) is 20.6. The lowest BCUT2D eigenvalue weighted by atomic mass is 9.88. The topological polar surface area (TPSA) is 27.1 Å². The molecule has 1 aromatic carbocycles. The van der Waals surface area contributed by atoms with E-state index in [4.69, 9.17) is 4.74 Å². The molecule has 3 heterocycles. The number of hydrogen-bond acceptors (Lipinski definition) is 3. The van der Waals surface area contributed by atoms with Gasteiger partial charge in [0.05, 0.1) is 6.61 Å². The highest BCUT2D eigenvalue weighted by molar-refractivity contribution is 7.10. The highest BCUT2D eigenvalue weighted by atomic mass is 32.1. The van der Waals surface area contributed by atoms with Gasteiger partial charge >= 0.3 is 0 Å². The number of fused-ring (bicyclic) bond motifs is 1. The minimum absolute atomic E-state index is 0.323. The molecule has 1 aliphatic heterocycles. The van der Waals surface area contributed by atoms with Gasteiger partial charge in [0.15, 0.2) is 0 Å². The van der Waals surface area contributed by atoms with Crippen molar-refractivity contribution >= 4 is 11.3 Å². The molecule has 3 nitrogen and oxygen atoms in total. The van der Waals surface area contributed by atoms with Gasteiger partial charge in [0.1, 0.15) is 5.60 Å². The smallest absolute Gasteiger partial charge is 0.130 e. The Kier molecular flexibility index (Phi) is 3.13. The molecule has 106 valence electrons. The third kappa shape index (κ3) is 2.11. The maximum absolute atomic E-state index is 6.32. The SMILES string of the molecule is c1csc(C2(CCn3cccn3)OCc3ccccc32)c1. The van der Waals surface area contributed by atoms with Crippen LogP contribution in [0.1, 0.15) is 22.4 Å². The Morgan fingerprint density at radius 3 is 2.95 bits per heavy atom. The van der Waals surface area contributed by atoms with Crippen LogP contribution in [-0.4, -0.2) is 9.78 Å². The van der Waals surface area contributed by atoms with Gasteiger partial charge in [-0.05, 0) is 28.6 Å². The van der Waals surface area contributed by atoms with Crippen molar-refractivity contribution in [1.82, 2.24) is 9.78 Å². The number of rotatable bonds is 4. The number of nitrogens with zero attached hydrogens (tertiary/aromatic N) is 2. The molecule has 4 heteroatoms. The number of benzene rings is 1. The van der Waals surface area contributed by atoms with Crippen LogP contribution < -0.4 is 0 Å². The summed E-state index contributed by atoms with van der Waals surface area (Å²) in [6, 6.07) is 14.8. The van der Waals surface area contributed by atoms with Gasteiger partial charge in [0, 0.05) is 30.2 Å². The van der Waals surface area contributed by atoms with Crippen molar-refractivity contribution < 1.29 is 4.74 Å². The lowest BCUT2D eigenvalue weighted by molar-refractivity contribution is -0.0124. The second-order valence-corrected chi connectivity index (χ2v) is 6.22. The van der Waals surface area contributed by atoms with E-state index in [1.165, 1.54) is 16.0 Å². The fourth-order valence-corrected chi connectivity index (χ4v) is 3.99. The van der Waals surface area contributed by atoms with Crippen LogP contribution in [0, 0.1) is 0 Å². The van der Waals surface area contributed by atoms with E-state index in [2.05, 4.69) is 46.9 Å². The van der Waals surface area contributed by atoms with Gasteiger partial charge in [-0.1, -0.05) is 30.3 Å². The Morgan fingerprint density at radius 1 is 1.19 bits per heavy atom. The first-order valence-electron chi connectivity index (χ1n) is 7.12. The summed E-state index contributed by atoms with van der Waals surface area (Å²) in [6.07, 6.45) is 4.72. The molecule has 4 rings (SSSR count). The van der Waals surface area contributed by atoms with Gasteiger partial charge in [-0.2, -0.15) is 5.10 Å². The van der Waals surface area contributed by atoms with Crippen LogP contribution in [0.25, 0.3) is 0 Å². The molecule has 0 saturated heterocycles. The van der Waals surface area contributed by atoms with Crippen LogP contribution in [0.2, 0.25) is 0 Å². The first-order chi connectivity index (χ1) is 10.4. The standard InChI is InChI=1S/C17H16N2OS/c1-2-6-15-14(5-1)13-20-17(15,16-7-3-12-21-16)8-11-19-10-4-9-18-19/h1-7,9-10,12H,8,11,13H2. The number of ether oxygens (including phenoxy) is 1. The first-order valence-corrected chi connectivity index (χ1v) is 8.00. The molecular weight excluding hydrogens is 280 g/mol. The summed E-state index contributed by atoms with van der Waals surface area (Å²) in [5.74, 6) is 0. The van der Waals surface area contributed by atoms with E-state index in [1.54, 1.807) is 11.3 Å². The van der Waals surface area contributed by atoms with Crippen molar-refractivity contribution in [2.24, 2.45) is 0 Å². The van der Waals surface area contributed by atoms with Crippen LogP contribution in [0.5, 0.6) is 0 Å². The minimum atomic E-state index is -0.323. The van der Waals surface area contributed by atoms with Gasteiger partial charge in [-0.25, -0.2) is 0 Å². The van der Waals surface area contributed by atoms with Gasteiger partial charge < -0.3 is 4.74 Å². The monoisotopic (exact) mass is 296 g/mol. The van der Waals surface area contributed by atoms with E-state index in [0.29, 0.717) is 6.61 Å². The quantitative estimate of drug-likeness (QED) is 0.732. The summed E-state index contributed by atoms with van der Waals surface area (Å²) in [5.41, 5.74) is 2.28. The van der Waals surface area contributed by atoms with Crippen LogP contribution in [0.4, 0.5) is 0 Å². The van der Waals surface area contributed by atoms with Crippen molar-refractivity contribution in [2.45, 2.75) is 25.2 Å². The maximum Gasteiger partial charge on any atom is 0.130 e. The fraction of sp³-hybridized carbons (Fsp3) is 0.235. The van der Waals surface area contributed by atoms with E-state index in [-0.39, 0.29) is 5.60 Å². The average molecular weight is 296 g/mol. The molecule has 0 radical (unpaired) electrons. The molecule has 1 unspecified atom stereocenters. The zero-order chi connectivity index (χ0) is 14.1. The maximum atomic E-state index is 6.32. The summed E-state index contributed by atoms with van der Waals surface area (Å²) in [5, 5.41) is 6.43. The van der Waals surface area contributed by atoms with Gasteiger partial charge in [0.25, 0.3) is 0 Å². The first kappa shape index (κ1) is 12.8. The van der Waals surface area contributed by atoms with Crippen LogP contribution in [-0.2, 0) is 23.5 Å². The number of aromatic nitrogens is 2. The summed E-state index contributed by atoms with van der Waals surface area (Å²) in [6.45, 7) is 1.53. The third-order valence-electron chi connectivity index (χ3n) is 4.10. The van der Waals surface area contributed by atoms with Crippen molar-refractivity contribution in [1.29, 1.82) is 0 Å². The minimum Gasteiger partial charge on any atom is -0.360 e. The molecule has 0 aliphatic carbocycles. The van der Waals surface area contributed by atoms with E-state index < -0.39 is 0 Å². The molecule has 1 atom stereocenters. The van der Waals surface area contributed by atoms with E-state index in [0.717, 1.165) is 13.0 Å². The molecule has 2 aromatic heterocycles. The van der Waals surface area contributed by atoms with Crippen LogP contribution >= 0.6 is 11.3 Å². The summed E-state index contributed by atoms with van der Waals surface area (Å²) < 4.78 is 8.29. The Morgan fingerprint density at radius 2 is 2.14 bits per heavy atom. The molecule has 0 N–H and O–H groups in total.